The van der Waals surface area contributed by atoms with Gasteiger partial charge in [0.05, 0.1) is 0 Å². The lowest BCUT2D eigenvalue weighted by atomic mass is 10.2. The lowest BCUT2D eigenvalue weighted by molar-refractivity contribution is -0.121. The zero-order chi connectivity index (χ0) is 10.1. The largest absolute Gasteiger partial charge is 0.353 e. The third-order valence-electron chi connectivity index (χ3n) is 1.61. The molecule has 1 amide bonds. The number of carbonyl (C=O) groups is 1. The van der Waals surface area contributed by atoms with Gasteiger partial charge in [0.25, 0.3) is 0 Å². The lowest BCUT2D eigenvalue weighted by Gasteiger charge is -2.11. The summed E-state index contributed by atoms with van der Waals surface area (Å²) in [6.45, 7) is 2.02. The Morgan fingerprint density at radius 3 is 2.77 bits per heavy atom. The third-order valence-corrected chi connectivity index (χ3v) is 2.71. The molecule has 0 spiro atoms. The summed E-state index contributed by atoms with van der Waals surface area (Å²) in [5, 5.41) is 2.94. The van der Waals surface area contributed by atoms with Crippen LogP contribution in [0.2, 0.25) is 0 Å². The van der Waals surface area contributed by atoms with Crippen LogP contribution >= 0.6 is 23.4 Å². The molecular weight excluding hydrogens is 206 g/mol. The van der Waals surface area contributed by atoms with E-state index in [0.29, 0.717) is 12.3 Å². The van der Waals surface area contributed by atoms with E-state index in [1.807, 2.05) is 13.2 Å². The second-order valence-corrected chi connectivity index (χ2v) is 4.36. The SMILES string of the molecule is CSCC(C)NC(=O)CCCCCl. The molecule has 0 aromatic rings. The molecule has 0 rings (SSSR count). The van der Waals surface area contributed by atoms with Gasteiger partial charge in [0, 0.05) is 24.1 Å². The maximum absolute atomic E-state index is 11.2. The lowest BCUT2D eigenvalue weighted by Crippen LogP contribution is -2.33. The van der Waals surface area contributed by atoms with Crippen molar-refractivity contribution in [1.82, 2.24) is 5.32 Å². The minimum atomic E-state index is 0.145. The number of halogens is 1. The highest BCUT2D eigenvalue weighted by molar-refractivity contribution is 7.98. The highest BCUT2D eigenvalue weighted by Crippen LogP contribution is 2.00. The predicted molar refractivity (Wildman–Crippen MR) is 60.6 cm³/mol. The number of unbranched alkanes of at least 4 members (excludes halogenated alkanes) is 1. The van der Waals surface area contributed by atoms with Crippen LogP contribution < -0.4 is 5.32 Å². The van der Waals surface area contributed by atoms with Crippen molar-refractivity contribution >= 4 is 29.3 Å². The molecule has 1 unspecified atom stereocenters. The van der Waals surface area contributed by atoms with Crippen LogP contribution in [0.4, 0.5) is 0 Å². The van der Waals surface area contributed by atoms with Gasteiger partial charge in [-0.1, -0.05) is 0 Å². The molecule has 78 valence electrons. The van der Waals surface area contributed by atoms with Gasteiger partial charge in [-0.05, 0) is 26.0 Å². The van der Waals surface area contributed by atoms with E-state index in [9.17, 15) is 4.79 Å². The van der Waals surface area contributed by atoms with Gasteiger partial charge in [0.1, 0.15) is 0 Å². The van der Waals surface area contributed by atoms with Gasteiger partial charge in [-0.25, -0.2) is 0 Å². The third kappa shape index (κ3) is 8.44. The average Bonchev–Trinajstić information content (AvgIpc) is 2.05. The van der Waals surface area contributed by atoms with Crippen LogP contribution in [0.5, 0.6) is 0 Å². The first kappa shape index (κ1) is 13.1. The van der Waals surface area contributed by atoms with E-state index >= 15 is 0 Å². The number of hydrogen-bond donors (Lipinski definition) is 1. The van der Waals surface area contributed by atoms with E-state index in [1.54, 1.807) is 11.8 Å². The minimum Gasteiger partial charge on any atom is -0.353 e. The van der Waals surface area contributed by atoms with Crippen LogP contribution in [0.25, 0.3) is 0 Å². The molecule has 0 bridgehead atoms. The van der Waals surface area contributed by atoms with Crippen LogP contribution in [0, 0.1) is 0 Å². The van der Waals surface area contributed by atoms with Crippen LogP contribution in [-0.2, 0) is 4.79 Å². The van der Waals surface area contributed by atoms with Gasteiger partial charge in [0.2, 0.25) is 5.91 Å². The van der Waals surface area contributed by atoms with Crippen molar-refractivity contribution in [3.05, 3.63) is 0 Å². The molecule has 0 fully saturated rings. The van der Waals surface area contributed by atoms with Gasteiger partial charge >= 0.3 is 0 Å². The molecular formula is C9H18ClNOS. The van der Waals surface area contributed by atoms with Crippen LogP contribution in [-0.4, -0.2) is 29.8 Å². The molecule has 0 aliphatic carbocycles. The number of amides is 1. The quantitative estimate of drug-likeness (QED) is 0.530. The number of carbonyl (C=O) groups excluding carboxylic acids is 1. The Hall–Kier alpha value is 0.110. The number of alkyl halides is 1. The Bertz CT molecular complexity index is 144. The van der Waals surface area contributed by atoms with Gasteiger partial charge < -0.3 is 5.32 Å². The smallest absolute Gasteiger partial charge is 0.220 e. The monoisotopic (exact) mass is 223 g/mol. The molecule has 0 aromatic carbocycles. The molecule has 4 heteroatoms. The standard InChI is InChI=1S/C9H18ClNOS/c1-8(7-13-2)11-9(12)5-3-4-6-10/h8H,3-7H2,1-2H3,(H,11,12). The molecule has 0 saturated carbocycles. The molecule has 1 atom stereocenters. The summed E-state index contributed by atoms with van der Waals surface area (Å²) in [6.07, 6.45) is 4.45. The fourth-order valence-electron chi connectivity index (χ4n) is 1.02. The van der Waals surface area contributed by atoms with Crippen molar-refractivity contribution in [3.63, 3.8) is 0 Å². The molecule has 2 nitrogen and oxygen atoms in total. The second-order valence-electron chi connectivity index (χ2n) is 3.07. The van der Waals surface area contributed by atoms with E-state index in [0.717, 1.165) is 18.6 Å². The topological polar surface area (TPSA) is 29.1 Å². The highest BCUT2D eigenvalue weighted by Gasteiger charge is 2.05. The van der Waals surface area contributed by atoms with Gasteiger partial charge in [-0.15, -0.1) is 11.6 Å². The van der Waals surface area contributed by atoms with Gasteiger partial charge in [-0.2, -0.15) is 11.8 Å². The van der Waals surface area contributed by atoms with E-state index in [4.69, 9.17) is 11.6 Å². The summed E-state index contributed by atoms with van der Waals surface area (Å²) in [7, 11) is 0. The zero-order valence-corrected chi connectivity index (χ0v) is 9.88. The zero-order valence-electron chi connectivity index (χ0n) is 8.31. The summed E-state index contributed by atoms with van der Waals surface area (Å²) in [4.78, 5) is 11.2. The molecule has 0 aliphatic rings. The fourth-order valence-corrected chi connectivity index (χ4v) is 1.79. The number of rotatable bonds is 7. The summed E-state index contributed by atoms with van der Waals surface area (Å²) >= 11 is 7.25. The second kappa shape index (κ2) is 8.70. The molecule has 0 saturated heterocycles. The average molecular weight is 224 g/mol. The van der Waals surface area contributed by atoms with E-state index < -0.39 is 0 Å². The summed E-state index contributed by atoms with van der Waals surface area (Å²) in [6, 6.07) is 0.276. The van der Waals surface area contributed by atoms with Crippen molar-refractivity contribution in [2.45, 2.75) is 32.2 Å². The number of nitrogens with one attached hydrogen (secondary N) is 1. The Kier molecular flexibility index (Phi) is 8.77. The first-order valence-electron chi connectivity index (χ1n) is 4.55. The molecule has 0 heterocycles. The Morgan fingerprint density at radius 2 is 2.23 bits per heavy atom. The fraction of sp³-hybridized carbons (Fsp3) is 0.889. The first-order valence-corrected chi connectivity index (χ1v) is 6.47. The van der Waals surface area contributed by atoms with Gasteiger partial charge in [0.15, 0.2) is 0 Å². The summed E-state index contributed by atoms with van der Waals surface area (Å²) in [5.74, 6) is 1.76. The molecule has 13 heavy (non-hydrogen) atoms. The van der Waals surface area contributed by atoms with E-state index in [-0.39, 0.29) is 11.9 Å². The van der Waals surface area contributed by atoms with E-state index in [2.05, 4.69) is 5.32 Å². The van der Waals surface area contributed by atoms with Crippen LogP contribution in [0.3, 0.4) is 0 Å². The normalized spacial score (nSPS) is 12.5. The van der Waals surface area contributed by atoms with Crippen molar-refractivity contribution < 1.29 is 4.79 Å². The Balaban J connectivity index is 3.38. The summed E-state index contributed by atoms with van der Waals surface area (Å²) in [5.41, 5.74) is 0. The van der Waals surface area contributed by atoms with Crippen molar-refractivity contribution in [3.8, 4) is 0 Å². The number of hydrogen-bond acceptors (Lipinski definition) is 2. The summed E-state index contributed by atoms with van der Waals surface area (Å²) < 4.78 is 0. The predicted octanol–water partition coefficient (Wildman–Crippen LogP) is 2.26. The van der Waals surface area contributed by atoms with Crippen molar-refractivity contribution in [2.75, 3.05) is 17.9 Å². The van der Waals surface area contributed by atoms with Crippen molar-refractivity contribution in [1.29, 1.82) is 0 Å². The molecule has 0 radical (unpaired) electrons. The van der Waals surface area contributed by atoms with Crippen LogP contribution in [0.1, 0.15) is 26.2 Å². The number of thioether (sulfide) groups is 1. The van der Waals surface area contributed by atoms with E-state index in [1.165, 1.54) is 0 Å². The first-order chi connectivity index (χ1) is 6.20. The van der Waals surface area contributed by atoms with Crippen molar-refractivity contribution in [2.24, 2.45) is 0 Å². The van der Waals surface area contributed by atoms with Crippen LogP contribution in [0.15, 0.2) is 0 Å². The highest BCUT2D eigenvalue weighted by atomic mass is 35.5. The molecule has 1 N–H and O–H groups in total. The Labute approximate surface area is 89.8 Å². The van der Waals surface area contributed by atoms with Gasteiger partial charge in [-0.3, -0.25) is 4.79 Å². The Morgan fingerprint density at radius 1 is 1.54 bits per heavy atom. The molecule has 0 aliphatic heterocycles. The maximum atomic E-state index is 11.2. The minimum absolute atomic E-state index is 0.145. The molecule has 0 aromatic heterocycles. The maximum Gasteiger partial charge on any atom is 0.220 e.